The third kappa shape index (κ3) is 5.94. The molecule has 0 unspecified atom stereocenters. The molecule has 1 atom stereocenters. The number of nitrogens with one attached hydrogen (secondary N) is 1. The van der Waals surface area contributed by atoms with Gasteiger partial charge in [-0.3, -0.25) is 9.10 Å². The van der Waals surface area contributed by atoms with Crippen LogP contribution in [-0.2, 0) is 14.8 Å². The SMILES string of the molecule is C[C@@H](C(=O)NCCSC1CCCC1)N(c1cc(Cl)ccc1Cl)S(C)(=O)=O. The van der Waals surface area contributed by atoms with E-state index in [0.29, 0.717) is 16.8 Å². The largest absolute Gasteiger partial charge is 0.353 e. The summed E-state index contributed by atoms with van der Waals surface area (Å²) < 4.78 is 25.6. The molecule has 5 nitrogen and oxygen atoms in total. The summed E-state index contributed by atoms with van der Waals surface area (Å²) in [5.41, 5.74) is 0.199. The molecule has 1 aromatic rings. The van der Waals surface area contributed by atoms with Crippen LogP contribution in [0.15, 0.2) is 18.2 Å². The maximum absolute atomic E-state index is 12.5. The highest BCUT2D eigenvalue weighted by Gasteiger charge is 2.30. The van der Waals surface area contributed by atoms with Crippen molar-refractivity contribution >= 4 is 56.6 Å². The quantitative estimate of drug-likeness (QED) is 0.624. The predicted molar refractivity (Wildman–Crippen MR) is 111 cm³/mol. The van der Waals surface area contributed by atoms with Gasteiger partial charge in [0.05, 0.1) is 17.0 Å². The van der Waals surface area contributed by atoms with Crippen LogP contribution in [0.2, 0.25) is 10.0 Å². The van der Waals surface area contributed by atoms with Gasteiger partial charge in [-0.1, -0.05) is 36.0 Å². The van der Waals surface area contributed by atoms with Gasteiger partial charge in [0.1, 0.15) is 6.04 Å². The third-order valence-electron chi connectivity index (χ3n) is 4.29. The fourth-order valence-electron chi connectivity index (χ4n) is 3.04. The topological polar surface area (TPSA) is 66.5 Å². The van der Waals surface area contributed by atoms with E-state index in [1.54, 1.807) is 6.07 Å². The lowest BCUT2D eigenvalue weighted by atomic mass is 10.2. The minimum Gasteiger partial charge on any atom is -0.353 e. The van der Waals surface area contributed by atoms with E-state index in [4.69, 9.17) is 23.2 Å². The van der Waals surface area contributed by atoms with E-state index < -0.39 is 16.1 Å². The van der Waals surface area contributed by atoms with Gasteiger partial charge in [-0.05, 0) is 38.0 Å². The zero-order chi connectivity index (χ0) is 19.3. The Morgan fingerprint density at radius 1 is 1.35 bits per heavy atom. The number of nitrogens with zero attached hydrogens (tertiary/aromatic N) is 1. The van der Waals surface area contributed by atoms with E-state index in [1.165, 1.54) is 44.7 Å². The minimum atomic E-state index is -3.72. The van der Waals surface area contributed by atoms with E-state index in [-0.39, 0.29) is 16.6 Å². The van der Waals surface area contributed by atoms with Crippen LogP contribution in [0.3, 0.4) is 0 Å². The van der Waals surface area contributed by atoms with Crippen LogP contribution in [0.4, 0.5) is 5.69 Å². The van der Waals surface area contributed by atoms with Crippen LogP contribution in [0.1, 0.15) is 32.6 Å². The normalized spacial score (nSPS) is 16.5. The molecule has 26 heavy (non-hydrogen) atoms. The molecule has 1 saturated carbocycles. The van der Waals surface area contributed by atoms with Crippen LogP contribution >= 0.6 is 35.0 Å². The molecule has 1 fully saturated rings. The Bertz CT molecular complexity index is 738. The first kappa shape index (κ1) is 21.7. The molecular weight excluding hydrogens is 415 g/mol. The molecule has 0 spiro atoms. The van der Waals surface area contributed by atoms with Gasteiger partial charge in [-0.2, -0.15) is 11.8 Å². The first-order valence-corrected chi connectivity index (χ1v) is 12.2. The summed E-state index contributed by atoms with van der Waals surface area (Å²) in [6.45, 7) is 2.04. The van der Waals surface area contributed by atoms with Crippen molar-refractivity contribution in [1.29, 1.82) is 0 Å². The number of halogens is 2. The number of carbonyl (C=O) groups is 1. The molecule has 0 saturated heterocycles. The second-order valence-corrected chi connectivity index (χ2v) is 10.5. The van der Waals surface area contributed by atoms with E-state index >= 15 is 0 Å². The van der Waals surface area contributed by atoms with Crippen molar-refractivity contribution in [1.82, 2.24) is 5.32 Å². The lowest BCUT2D eigenvalue weighted by Gasteiger charge is -2.29. The van der Waals surface area contributed by atoms with Gasteiger partial charge in [0.25, 0.3) is 0 Å². The second-order valence-electron chi connectivity index (χ2n) is 6.40. The predicted octanol–water partition coefficient (Wildman–Crippen LogP) is 3.94. The van der Waals surface area contributed by atoms with Crippen LogP contribution in [0, 0.1) is 0 Å². The number of thioether (sulfide) groups is 1. The van der Waals surface area contributed by atoms with Gasteiger partial charge < -0.3 is 5.32 Å². The molecule has 1 N–H and O–H groups in total. The molecule has 9 heteroatoms. The molecule has 2 rings (SSSR count). The Balaban J connectivity index is 2.02. The van der Waals surface area contributed by atoms with Crippen LogP contribution in [0.25, 0.3) is 0 Å². The van der Waals surface area contributed by atoms with Gasteiger partial charge in [0.15, 0.2) is 0 Å². The lowest BCUT2D eigenvalue weighted by molar-refractivity contribution is -0.121. The van der Waals surface area contributed by atoms with Gasteiger partial charge >= 0.3 is 0 Å². The summed E-state index contributed by atoms with van der Waals surface area (Å²) in [4.78, 5) is 12.5. The zero-order valence-corrected chi connectivity index (χ0v) is 18.0. The Morgan fingerprint density at radius 3 is 2.62 bits per heavy atom. The monoisotopic (exact) mass is 438 g/mol. The zero-order valence-electron chi connectivity index (χ0n) is 14.9. The van der Waals surface area contributed by atoms with E-state index in [0.717, 1.165) is 16.3 Å². The number of rotatable bonds is 8. The minimum absolute atomic E-state index is 0.199. The molecule has 1 amide bonds. The van der Waals surface area contributed by atoms with Crippen LogP contribution in [-0.4, -0.2) is 44.2 Å². The molecule has 0 aromatic heterocycles. The Kier molecular flexibility index (Phi) is 7.94. The van der Waals surface area contributed by atoms with Crippen molar-refractivity contribution < 1.29 is 13.2 Å². The average Bonchev–Trinajstić information content (AvgIpc) is 3.07. The maximum Gasteiger partial charge on any atom is 0.243 e. The lowest BCUT2D eigenvalue weighted by Crippen LogP contribution is -2.48. The first-order valence-electron chi connectivity index (χ1n) is 8.54. The highest BCUT2D eigenvalue weighted by Crippen LogP contribution is 2.32. The summed E-state index contributed by atoms with van der Waals surface area (Å²) in [6.07, 6.45) is 6.09. The summed E-state index contributed by atoms with van der Waals surface area (Å²) >= 11 is 14.0. The standard InChI is InChI=1S/C17H24Cl2N2O3S2/c1-12(17(22)20-9-10-25-14-5-3-4-6-14)21(26(2,23)24)16-11-13(18)7-8-15(16)19/h7-8,11-12,14H,3-6,9-10H2,1-2H3,(H,20,22)/t12-/m0/s1. The Hall–Kier alpha value is -0.630. The Labute approximate surface area is 169 Å². The fraction of sp³-hybridized carbons (Fsp3) is 0.588. The highest BCUT2D eigenvalue weighted by atomic mass is 35.5. The van der Waals surface area contributed by atoms with E-state index in [2.05, 4.69) is 5.32 Å². The summed E-state index contributed by atoms with van der Waals surface area (Å²) in [7, 11) is -3.72. The number of anilines is 1. The summed E-state index contributed by atoms with van der Waals surface area (Å²) in [5.74, 6) is 0.457. The molecular formula is C17H24Cl2N2O3S2. The number of hydrogen-bond acceptors (Lipinski definition) is 4. The fourth-order valence-corrected chi connectivity index (χ4v) is 5.86. The van der Waals surface area contributed by atoms with Gasteiger partial charge in [0, 0.05) is 22.6 Å². The molecule has 1 aliphatic carbocycles. The number of hydrogen-bond donors (Lipinski definition) is 1. The van der Waals surface area contributed by atoms with E-state index in [1.807, 2.05) is 11.8 Å². The van der Waals surface area contributed by atoms with Crippen molar-refractivity contribution in [2.75, 3.05) is 22.9 Å². The first-order chi connectivity index (χ1) is 12.2. The van der Waals surface area contributed by atoms with Crippen molar-refractivity contribution in [2.45, 2.75) is 43.9 Å². The molecule has 0 aliphatic heterocycles. The molecule has 146 valence electrons. The van der Waals surface area contributed by atoms with Crippen molar-refractivity contribution in [2.24, 2.45) is 0 Å². The van der Waals surface area contributed by atoms with Gasteiger partial charge in [-0.25, -0.2) is 8.42 Å². The van der Waals surface area contributed by atoms with Gasteiger partial charge in [-0.15, -0.1) is 0 Å². The number of carbonyl (C=O) groups excluding carboxylic acids is 1. The third-order valence-corrected chi connectivity index (χ3v) is 7.46. The molecule has 0 bridgehead atoms. The maximum atomic E-state index is 12.5. The van der Waals surface area contributed by atoms with Crippen molar-refractivity contribution in [3.63, 3.8) is 0 Å². The smallest absolute Gasteiger partial charge is 0.243 e. The van der Waals surface area contributed by atoms with Crippen molar-refractivity contribution in [3.8, 4) is 0 Å². The second kappa shape index (κ2) is 9.53. The number of benzene rings is 1. The number of sulfonamides is 1. The summed E-state index contributed by atoms with van der Waals surface area (Å²) in [5, 5.41) is 4.07. The number of amides is 1. The average molecular weight is 439 g/mol. The van der Waals surface area contributed by atoms with Crippen LogP contribution < -0.4 is 9.62 Å². The molecule has 1 aromatic carbocycles. The Morgan fingerprint density at radius 2 is 2.00 bits per heavy atom. The van der Waals surface area contributed by atoms with E-state index in [9.17, 15) is 13.2 Å². The van der Waals surface area contributed by atoms with Crippen LogP contribution in [0.5, 0.6) is 0 Å². The molecule has 1 aliphatic rings. The highest BCUT2D eigenvalue weighted by molar-refractivity contribution is 7.99. The van der Waals surface area contributed by atoms with Gasteiger partial charge in [0.2, 0.25) is 15.9 Å². The summed E-state index contributed by atoms with van der Waals surface area (Å²) in [6, 6.07) is 3.60. The van der Waals surface area contributed by atoms with Crippen molar-refractivity contribution in [3.05, 3.63) is 28.2 Å². The molecule has 0 radical (unpaired) electrons. The molecule has 0 heterocycles.